The predicted octanol–water partition coefficient (Wildman–Crippen LogP) is 7.58. The number of amides is 1. The third-order valence-corrected chi connectivity index (χ3v) is 17.7. The summed E-state index contributed by atoms with van der Waals surface area (Å²) in [7, 11) is -4.78. The number of pyridine rings is 1. The van der Waals surface area contributed by atoms with Crippen LogP contribution in [-0.2, 0) is 24.2 Å². The van der Waals surface area contributed by atoms with Crippen molar-refractivity contribution in [3.05, 3.63) is 94.2 Å². The fourth-order valence-electron chi connectivity index (χ4n) is 12.4. The summed E-state index contributed by atoms with van der Waals surface area (Å²) in [6, 6.07) is 18.9. The smallest absolute Gasteiger partial charge is 0.297 e. The Hall–Kier alpha value is -6.26. The number of piperidine rings is 1. The van der Waals surface area contributed by atoms with Crippen LogP contribution in [0.4, 0.5) is 32.8 Å². The average Bonchev–Trinajstić information content (AvgIpc) is 3.87. The highest BCUT2D eigenvalue weighted by atomic mass is 32.2. The van der Waals surface area contributed by atoms with Crippen LogP contribution in [0.25, 0.3) is 11.0 Å². The maximum Gasteiger partial charge on any atom is 0.297 e. The number of hydrogen-bond donors (Lipinski definition) is 3. The van der Waals surface area contributed by atoms with Crippen LogP contribution in [0.15, 0.2) is 77.8 Å². The summed E-state index contributed by atoms with van der Waals surface area (Å²) in [5, 5.41) is 16.3. The molecule has 3 aromatic carbocycles. The lowest BCUT2D eigenvalue weighted by molar-refractivity contribution is -0.384. The molecule has 7 aliphatic rings. The number of aromatic nitrogens is 2. The molecule has 3 N–H and O–H groups in total. The molecule has 1 saturated carbocycles. The molecule has 12 rings (SSSR count). The summed E-state index contributed by atoms with van der Waals surface area (Å²) in [4.78, 5) is 41.0. The number of nitrogens with zero attached hydrogens (tertiary/aromatic N) is 5. The van der Waals surface area contributed by atoms with Gasteiger partial charge in [0.2, 0.25) is 5.88 Å². The van der Waals surface area contributed by atoms with Crippen LogP contribution in [0.2, 0.25) is 0 Å². The van der Waals surface area contributed by atoms with E-state index in [9.17, 15) is 23.3 Å². The number of benzene rings is 3. The Bertz CT molecular complexity index is 3080. The number of carbonyl (C=O) groups excluding carboxylic acids is 1. The van der Waals surface area contributed by atoms with Gasteiger partial charge in [0.25, 0.3) is 21.6 Å². The lowest BCUT2D eigenvalue weighted by atomic mass is 9.59. The Morgan fingerprint density at radius 1 is 0.932 bits per heavy atom. The number of nitro groups is 1. The molecule has 4 saturated heterocycles. The van der Waals surface area contributed by atoms with Gasteiger partial charge < -0.3 is 48.5 Å². The van der Waals surface area contributed by atoms with Crippen LogP contribution in [0.1, 0.15) is 80.8 Å². The number of ether oxygens (including phenoxy) is 6. The number of morpholine rings is 1. The number of para-hydroxylation sites is 1. The standard InChI is InChI=1S/C53H61FN8O11S/c1-32(2)72-44-6-4-3-5-37(44)43-29-70-22-18-60(43)35-27-52(28-35)11-16-59(17-12-52)34-7-8-38(40(24-34)61-39-10-19-69-30-46(39)73-51-42(61)23-33-9-15-55-49(33)57-51)50(63)58-74(66,67)36-25-41(62(64)65)48-45(26-36)71-31-47(56-48)53(54)13-20-68-21-14-53/h3-9,15,23-26,32,35,39,43,46-47,56H,10-14,16-22,27-31H2,1-2H3,(H,55,57)(H,58,63)/t39-,43-,46-,47+/m0/s1. The van der Waals surface area contributed by atoms with Gasteiger partial charge in [-0.05, 0) is 87.8 Å². The first-order valence-electron chi connectivity index (χ1n) is 25.8. The first-order chi connectivity index (χ1) is 35.7. The van der Waals surface area contributed by atoms with Crippen molar-refractivity contribution in [2.45, 2.75) is 106 Å². The van der Waals surface area contributed by atoms with Gasteiger partial charge >= 0.3 is 0 Å². The van der Waals surface area contributed by atoms with Crippen LogP contribution in [-0.4, -0.2) is 136 Å². The van der Waals surface area contributed by atoms with Gasteiger partial charge in [0, 0.05) is 93.3 Å². The largest absolute Gasteiger partial charge is 0.491 e. The number of sulfonamides is 1. The number of alkyl halides is 1. The Morgan fingerprint density at radius 3 is 2.53 bits per heavy atom. The molecule has 5 aromatic rings. The lowest BCUT2D eigenvalue weighted by Gasteiger charge is -2.57. The zero-order chi connectivity index (χ0) is 50.9. The molecule has 0 radical (unpaired) electrons. The van der Waals surface area contributed by atoms with E-state index in [4.69, 9.17) is 33.4 Å². The van der Waals surface area contributed by atoms with Gasteiger partial charge in [-0.25, -0.2) is 17.5 Å². The zero-order valence-electron chi connectivity index (χ0n) is 41.4. The Kier molecular flexibility index (Phi) is 12.6. The summed E-state index contributed by atoms with van der Waals surface area (Å²) in [6.45, 7) is 8.71. The lowest BCUT2D eigenvalue weighted by Crippen LogP contribution is -2.57. The number of aromatic amines is 1. The molecule has 0 bridgehead atoms. The third-order valence-electron chi connectivity index (χ3n) is 16.4. The second kappa shape index (κ2) is 19.1. The number of rotatable bonds is 11. The molecule has 21 heteroatoms. The van der Waals surface area contributed by atoms with Crippen molar-refractivity contribution in [1.29, 1.82) is 0 Å². The molecule has 74 heavy (non-hydrogen) atoms. The predicted molar refractivity (Wildman–Crippen MR) is 272 cm³/mol. The molecule has 392 valence electrons. The SMILES string of the molecule is CC(C)Oc1ccccc1[C@@H]1COCCN1C1CC2(CCN(c3ccc(C(=O)NS(=O)(=O)c4cc5c(c([N+](=O)[O-])c4)N[C@@H](C4(F)CCOCC4)CO5)c(N4c5cc6cc[nH]c6nc5O[C@H]5COCC[C@@H]54)c3)CC2)C1. The highest BCUT2D eigenvalue weighted by Gasteiger charge is 2.51. The Labute approximate surface area is 428 Å². The first-order valence-corrected chi connectivity index (χ1v) is 27.3. The summed E-state index contributed by atoms with van der Waals surface area (Å²) in [5.41, 5.74) is 1.42. The minimum atomic E-state index is -4.78. The van der Waals surface area contributed by atoms with Crippen molar-refractivity contribution in [3.63, 3.8) is 0 Å². The van der Waals surface area contributed by atoms with Gasteiger partial charge in [-0.15, -0.1) is 0 Å². The molecule has 2 aromatic heterocycles. The van der Waals surface area contributed by atoms with Crippen molar-refractivity contribution in [2.75, 3.05) is 81.0 Å². The molecule has 4 atom stereocenters. The molecular weight excluding hydrogens is 976 g/mol. The molecule has 5 fully saturated rings. The molecule has 1 spiro atoms. The first kappa shape index (κ1) is 48.7. The van der Waals surface area contributed by atoms with Crippen molar-refractivity contribution < 1.29 is 50.9 Å². The van der Waals surface area contributed by atoms with Gasteiger partial charge in [-0.1, -0.05) is 18.2 Å². The van der Waals surface area contributed by atoms with Gasteiger partial charge in [0.15, 0.2) is 11.4 Å². The van der Waals surface area contributed by atoms with E-state index in [1.807, 2.05) is 49.1 Å². The molecule has 0 unspecified atom stereocenters. The van der Waals surface area contributed by atoms with Gasteiger partial charge in [-0.3, -0.25) is 19.8 Å². The Balaban J connectivity index is 0.834. The summed E-state index contributed by atoms with van der Waals surface area (Å²) < 4.78 is 82.9. The number of hydrogen-bond acceptors (Lipinski definition) is 16. The third kappa shape index (κ3) is 8.92. The zero-order valence-corrected chi connectivity index (χ0v) is 42.2. The number of nitrogens with one attached hydrogen (secondary N) is 3. The van der Waals surface area contributed by atoms with Crippen molar-refractivity contribution in [1.82, 2.24) is 19.6 Å². The number of halogens is 1. The summed E-state index contributed by atoms with van der Waals surface area (Å²) in [6.07, 6.45) is 6.19. The van der Waals surface area contributed by atoms with E-state index in [1.165, 1.54) is 0 Å². The van der Waals surface area contributed by atoms with Gasteiger partial charge in [0.1, 0.15) is 35.5 Å². The monoisotopic (exact) mass is 1040 g/mol. The Morgan fingerprint density at radius 2 is 1.73 bits per heavy atom. The van der Waals surface area contributed by atoms with E-state index in [2.05, 4.69) is 43.0 Å². The van der Waals surface area contributed by atoms with Crippen LogP contribution in [0.3, 0.4) is 0 Å². The van der Waals surface area contributed by atoms with E-state index in [-0.39, 0.29) is 79.9 Å². The quantitative estimate of drug-likeness (QED) is 0.0860. The van der Waals surface area contributed by atoms with Crippen LogP contribution in [0, 0.1) is 15.5 Å². The second-order valence-corrected chi connectivity index (χ2v) is 22.8. The molecule has 1 aliphatic carbocycles. The van der Waals surface area contributed by atoms with E-state index in [0.29, 0.717) is 55.2 Å². The number of anilines is 4. The van der Waals surface area contributed by atoms with Crippen molar-refractivity contribution in [3.8, 4) is 17.4 Å². The second-order valence-electron chi connectivity index (χ2n) is 21.1. The highest BCUT2D eigenvalue weighted by Crippen LogP contribution is 2.54. The number of carbonyl (C=O) groups is 1. The summed E-state index contributed by atoms with van der Waals surface area (Å²) in [5.74, 6) is 0.146. The molecule has 8 heterocycles. The number of nitro benzene ring substituents is 1. The maximum absolute atomic E-state index is 16.0. The average molecular weight is 1040 g/mol. The number of fused-ring (bicyclic) bond motifs is 4. The molecule has 19 nitrogen and oxygen atoms in total. The van der Waals surface area contributed by atoms with Crippen LogP contribution < -0.4 is 34.0 Å². The van der Waals surface area contributed by atoms with Crippen LogP contribution >= 0.6 is 0 Å². The van der Waals surface area contributed by atoms with E-state index in [1.54, 1.807) is 12.3 Å². The molecule has 1 amide bonds. The topological polar surface area (TPSA) is 212 Å². The van der Waals surface area contributed by atoms with Crippen molar-refractivity contribution in [2.24, 2.45) is 5.41 Å². The van der Waals surface area contributed by atoms with E-state index >= 15 is 4.39 Å². The fourth-order valence-corrected chi connectivity index (χ4v) is 13.4. The van der Waals surface area contributed by atoms with E-state index in [0.717, 1.165) is 79.8 Å². The molecule has 6 aliphatic heterocycles. The highest BCUT2D eigenvalue weighted by molar-refractivity contribution is 7.90. The normalized spacial score (nSPS) is 24.6. The van der Waals surface area contributed by atoms with Gasteiger partial charge in [0.05, 0.1) is 65.1 Å². The molecular formula is C53H61FN8O11S. The maximum atomic E-state index is 16.0. The van der Waals surface area contributed by atoms with Crippen LogP contribution in [0.5, 0.6) is 17.4 Å². The fraction of sp³-hybridized carbons (Fsp3) is 0.509. The minimum Gasteiger partial charge on any atom is -0.491 e. The number of H-pyrrole nitrogens is 1. The summed E-state index contributed by atoms with van der Waals surface area (Å²) >= 11 is 0. The van der Waals surface area contributed by atoms with Crippen molar-refractivity contribution >= 4 is 55.4 Å². The van der Waals surface area contributed by atoms with Gasteiger partial charge in [-0.2, -0.15) is 4.98 Å². The minimum absolute atomic E-state index is 0.0539. The van der Waals surface area contributed by atoms with E-state index < -0.39 is 49.3 Å².